The summed E-state index contributed by atoms with van der Waals surface area (Å²) in [5.41, 5.74) is 1.48. The number of diazo groups is 1. The number of hydrogen-bond acceptors (Lipinski definition) is 4. The number of morpholine rings is 1. The van der Waals surface area contributed by atoms with Gasteiger partial charge in [-0.2, -0.15) is 0 Å². The van der Waals surface area contributed by atoms with Crippen molar-refractivity contribution in [2.24, 2.45) is 0 Å². The van der Waals surface area contributed by atoms with Crippen molar-refractivity contribution in [3.63, 3.8) is 0 Å². The molecule has 0 aliphatic carbocycles. The van der Waals surface area contributed by atoms with Crippen LogP contribution in [0.4, 0.5) is 11.4 Å². The SMILES string of the molecule is COc1ccc(N2CCOCC2)cc1[N+]#N.[Cl-]. The van der Waals surface area contributed by atoms with E-state index in [2.05, 4.69) is 9.88 Å². The van der Waals surface area contributed by atoms with Gasteiger partial charge in [0, 0.05) is 18.8 Å². The zero-order chi connectivity index (χ0) is 11.4. The van der Waals surface area contributed by atoms with E-state index in [4.69, 9.17) is 14.9 Å². The number of nitrogens with zero attached hydrogens (tertiary/aromatic N) is 3. The van der Waals surface area contributed by atoms with Crippen molar-refractivity contribution in [3.05, 3.63) is 23.2 Å². The minimum Gasteiger partial charge on any atom is -1.00 e. The Kier molecular flexibility index (Phi) is 5.01. The summed E-state index contributed by atoms with van der Waals surface area (Å²) in [4.78, 5) is 5.41. The van der Waals surface area contributed by atoms with E-state index in [9.17, 15) is 0 Å². The van der Waals surface area contributed by atoms with Gasteiger partial charge in [0.2, 0.25) is 11.1 Å². The van der Waals surface area contributed by atoms with Crippen molar-refractivity contribution in [2.45, 2.75) is 0 Å². The van der Waals surface area contributed by atoms with E-state index in [0.29, 0.717) is 11.4 Å². The predicted octanol–water partition coefficient (Wildman–Crippen LogP) is -0.980. The van der Waals surface area contributed by atoms with Crippen molar-refractivity contribution < 1.29 is 21.9 Å². The maximum atomic E-state index is 8.87. The third-order valence-corrected chi connectivity index (χ3v) is 2.65. The lowest BCUT2D eigenvalue weighted by Crippen LogP contribution is -3.00. The Morgan fingerprint density at radius 2 is 2.06 bits per heavy atom. The number of rotatable bonds is 2. The molecule has 6 heteroatoms. The van der Waals surface area contributed by atoms with Crippen LogP contribution < -0.4 is 22.0 Å². The molecule has 1 aromatic carbocycles. The average Bonchev–Trinajstić information content (AvgIpc) is 2.39. The van der Waals surface area contributed by atoms with Gasteiger partial charge >= 0.3 is 5.69 Å². The molecule has 1 heterocycles. The first-order valence-electron chi connectivity index (χ1n) is 5.21. The summed E-state index contributed by atoms with van der Waals surface area (Å²) in [7, 11) is 1.55. The van der Waals surface area contributed by atoms with Crippen molar-refractivity contribution in [1.29, 1.82) is 5.39 Å². The van der Waals surface area contributed by atoms with Crippen LogP contribution in [0.25, 0.3) is 4.98 Å². The lowest BCUT2D eigenvalue weighted by molar-refractivity contribution is -0.00000452. The highest BCUT2D eigenvalue weighted by Crippen LogP contribution is 2.32. The van der Waals surface area contributed by atoms with Gasteiger partial charge in [0.05, 0.1) is 26.4 Å². The van der Waals surface area contributed by atoms with Crippen LogP contribution in [-0.2, 0) is 4.74 Å². The van der Waals surface area contributed by atoms with Gasteiger partial charge in [-0.1, -0.05) is 0 Å². The van der Waals surface area contributed by atoms with Gasteiger partial charge < -0.3 is 26.8 Å². The minimum absolute atomic E-state index is 0. The Morgan fingerprint density at radius 1 is 1.35 bits per heavy atom. The fourth-order valence-corrected chi connectivity index (χ4v) is 1.77. The largest absolute Gasteiger partial charge is 1.00 e. The summed E-state index contributed by atoms with van der Waals surface area (Å²) in [6.45, 7) is 3.18. The zero-order valence-corrected chi connectivity index (χ0v) is 10.4. The summed E-state index contributed by atoms with van der Waals surface area (Å²) in [5.74, 6) is 0.569. The number of methoxy groups -OCH3 is 1. The van der Waals surface area contributed by atoms with Gasteiger partial charge in [-0.25, -0.2) is 0 Å². The van der Waals surface area contributed by atoms with E-state index in [1.165, 1.54) is 0 Å². The van der Waals surface area contributed by atoms with Gasteiger partial charge in [0.1, 0.15) is 0 Å². The molecule has 1 aromatic rings. The van der Waals surface area contributed by atoms with Crippen LogP contribution in [0.5, 0.6) is 5.75 Å². The summed E-state index contributed by atoms with van der Waals surface area (Å²) >= 11 is 0. The topological polar surface area (TPSA) is 49.9 Å². The number of halogens is 1. The first-order valence-corrected chi connectivity index (χ1v) is 5.21. The van der Waals surface area contributed by atoms with Crippen LogP contribution in [0, 0.1) is 5.39 Å². The standard InChI is InChI=1S/C11H14N3O2.ClH/c1-15-11-3-2-9(8-10(11)13-12)14-4-6-16-7-5-14;/h2-3,8H,4-7H2,1H3;1H/q+1;/p-1. The second-order valence-corrected chi connectivity index (χ2v) is 3.56. The molecular weight excluding hydrogens is 242 g/mol. The Bertz CT molecular complexity index is 414. The van der Waals surface area contributed by atoms with Crippen molar-refractivity contribution in [3.8, 4) is 5.75 Å². The lowest BCUT2D eigenvalue weighted by Gasteiger charge is -2.28. The molecule has 2 rings (SSSR count). The molecule has 0 amide bonds. The van der Waals surface area contributed by atoms with Crippen LogP contribution in [0.1, 0.15) is 0 Å². The minimum atomic E-state index is 0. The van der Waals surface area contributed by atoms with E-state index >= 15 is 0 Å². The molecule has 1 aliphatic heterocycles. The molecule has 0 bridgehead atoms. The molecule has 0 N–H and O–H groups in total. The van der Waals surface area contributed by atoms with Crippen LogP contribution in [-0.4, -0.2) is 33.4 Å². The monoisotopic (exact) mass is 255 g/mol. The molecule has 0 saturated carbocycles. The molecule has 0 spiro atoms. The number of hydrogen-bond donors (Lipinski definition) is 0. The van der Waals surface area contributed by atoms with Gasteiger partial charge in [-0.05, 0) is 12.1 Å². The van der Waals surface area contributed by atoms with Crippen molar-refractivity contribution in [2.75, 3.05) is 38.3 Å². The molecule has 0 aromatic heterocycles. The maximum Gasteiger partial charge on any atom is 0.428 e. The van der Waals surface area contributed by atoms with Gasteiger partial charge in [-0.3, -0.25) is 0 Å². The van der Waals surface area contributed by atoms with E-state index in [0.717, 1.165) is 32.0 Å². The highest BCUT2D eigenvalue weighted by atomic mass is 35.5. The van der Waals surface area contributed by atoms with E-state index in [-0.39, 0.29) is 12.4 Å². The van der Waals surface area contributed by atoms with Crippen LogP contribution >= 0.6 is 0 Å². The van der Waals surface area contributed by atoms with Crippen LogP contribution in [0.3, 0.4) is 0 Å². The Balaban J connectivity index is 0.00000144. The number of ether oxygens (including phenoxy) is 2. The molecular formula is C11H14ClN3O2. The fourth-order valence-electron chi connectivity index (χ4n) is 1.77. The average molecular weight is 256 g/mol. The lowest BCUT2D eigenvalue weighted by atomic mass is 10.2. The Morgan fingerprint density at radius 3 is 2.65 bits per heavy atom. The third-order valence-electron chi connectivity index (χ3n) is 2.65. The highest BCUT2D eigenvalue weighted by molar-refractivity contribution is 5.66. The fraction of sp³-hybridized carbons (Fsp3) is 0.455. The summed E-state index contributed by atoms with van der Waals surface area (Å²) in [6.07, 6.45) is 0. The molecule has 5 nitrogen and oxygen atoms in total. The smallest absolute Gasteiger partial charge is 0.428 e. The first kappa shape index (κ1) is 13.6. The molecule has 17 heavy (non-hydrogen) atoms. The van der Waals surface area contributed by atoms with Gasteiger partial charge in [0.15, 0.2) is 4.98 Å². The first-order chi connectivity index (χ1) is 7.85. The molecule has 1 aliphatic rings. The normalized spacial score (nSPS) is 14.7. The van der Waals surface area contributed by atoms with Crippen molar-refractivity contribution in [1.82, 2.24) is 0 Å². The quantitative estimate of drug-likeness (QED) is 0.638. The van der Waals surface area contributed by atoms with Crippen LogP contribution in [0.2, 0.25) is 0 Å². The van der Waals surface area contributed by atoms with Crippen molar-refractivity contribution >= 4 is 11.4 Å². The highest BCUT2D eigenvalue weighted by Gasteiger charge is 2.19. The molecule has 1 fully saturated rings. The van der Waals surface area contributed by atoms with Gasteiger partial charge in [0.25, 0.3) is 0 Å². The van der Waals surface area contributed by atoms with E-state index in [1.54, 1.807) is 13.2 Å². The number of benzene rings is 1. The second-order valence-electron chi connectivity index (χ2n) is 3.56. The predicted molar refractivity (Wildman–Crippen MR) is 60.8 cm³/mol. The van der Waals surface area contributed by atoms with Crippen LogP contribution in [0.15, 0.2) is 18.2 Å². The van der Waals surface area contributed by atoms with E-state index < -0.39 is 0 Å². The Labute approximate surface area is 106 Å². The summed E-state index contributed by atoms with van der Waals surface area (Å²) in [5, 5.41) is 8.87. The molecule has 0 atom stereocenters. The zero-order valence-electron chi connectivity index (χ0n) is 9.60. The third kappa shape index (κ3) is 2.99. The molecule has 0 unspecified atom stereocenters. The van der Waals surface area contributed by atoms with Gasteiger partial charge in [-0.15, -0.1) is 0 Å². The number of anilines is 1. The molecule has 1 saturated heterocycles. The Hall–Kier alpha value is -1.51. The molecule has 92 valence electrons. The maximum absolute atomic E-state index is 8.87. The second kappa shape index (κ2) is 6.28. The molecule has 0 radical (unpaired) electrons. The summed E-state index contributed by atoms with van der Waals surface area (Å²) < 4.78 is 10.4. The van der Waals surface area contributed by atoms with E-state index in [1.807, 2.05) is 12.1 Å². The summed E-state index contributed by atoms with van der Waals surface area (Å²) in [6, 6.07) is 5.57.